The number of hydrogen-bond donors (Lipinski definition) is 0. The fourth-order valence-corrected chi connectivity index (χ4v) is 4.12. The molecule has 0 N–H and O–H groups in total. The number of furan rings is 1. The highest BCUT2D eigenvalue weighted by Gasteiger charge is 2.36. The van der Waals surface area contributed by atoms with Crippen molar-refractivity contribution in [3.63, 3.8) is 0 Å². The summed E-state index contributed by atoms with van der Waals surface area (Å²) >= 11 is 0.859. The van der Waals surface area contributed by atoms with E-state index in [1.54, 1.807) is 6.08 Å². The molecule has 0 unspecified atom stereocenters. The molecule has 1 saturated heterocycles. The third-order valence-corrected chi connectivity index (χ3v) is 5.65. The lowest BCUT2D eigenvalue weighted by Gasteiger charge is -2.12. The van der Waals surface area contributed by atoms with Crippen molar-refractivity contribution in [2.75, 3.05) is 13.7 Å². The van der Waals surface area contributed by atoms with Gasteiger partial charge in [-0.15, -0.1) is 0 Å². The molecule has 8 heteroatoms. The molecular weight excluding hydrogens is 418 g/mol. The van der Waals surface area contributed by atoms with E-state index in [2.05, 4.69) is 4.74 Å². The predicted molar refractivity (Wildman–Crippen MR) is 117 cm³/mol. The fourth-order valence-electron chi connectivity index (χ4n) is 3.30. The van der Waals surface area contributed by atoms with Crippen LogP contribution in [0.15, 0.2) is 57.9 Å². The van der Waals surface area contributed by atoms with Gasteiger partial charge in [-0.3, -0.25) is 14.5 Å². The summed E-state index contributed by atoms with van der Waals surface area (Å²) in [6.07, 6.45) is 1.69. The van der Waals surface area contributed by atoms with E-state index in [-0.39, 0.29) is 12.3 Å². The first-order valence-corrected chi connectivity index (χ1v) is 10.4. The lowest BCUT2D eigenvalue weighted by molar-refractivity contribution is -0.123. The number of imide groups is 1. The molecule has 0 radical (unpaired) electrons. The van der Waals surface area contributed by atoms with Gasteiger partial charge in [0, 0.05) is 5.56 Å². The quantitative estimate of drug-likeness (QED) is 0.402. The molecule has 3 aromatic rings. The summed E-state index contributed by atoms with van der Waals surface area (Å²) in [7, 11) is 1.25. The van der Waals surface area contributed by atoms with E-state index in [1.807, 2.05) is 43.3 Å². The van der Waals surface area contributed by atoms with Crippen LogP contribution in [0.2, 0.25) is 0 Å². The maximum absolute atomic E-state index is 13.0. The van der Waals surface area contributed by atoms with Gasteiger partial charge in [-0.25, -0.2) is 4.79 Å². The van der Waals surface area contributed by atoms with E-state index in [9.17, 15) is 14.4 Å². The number of carbonyl (C=O) groups is 3. The van der Waals surface area contributed by atoms with Crippen molar-refractivity contribution in [3.8, 4) is 5.75 Å². The summed E-state index contributed by atoms with van der Waals surface area (Å²) in [5.74, 6) is -0.0934. The van der Waals surface area contributed by atoms with E-state index in [0.717, 1.165) is 33.0 Å². The minimum absolute atomic E-state index is 0.0112. The minimum atomic E-state index is -0.625. The molecule has 2 heterocycles. The fraction of sp³-hybridized carbons (Fsp3) is 0.174. The zero-order chi connectivity index (χ0) is 22.0. The number of nitrogens with zero attached hydrogens (tertiary/aromatic N) is 1. The highest BCUT2D eigenvalue weighted by Crippen LogP contribution is 2.37. The van der Waals surface area contributed by atoms with E-state index in [1.165, 1.54) is 19.2 Å². The van der Waals surface area contributed by atoms with Crippen LogP contribution in [0.5, 0.6) is 5.75 Å². The standard InChI is InChI=1S/C23H19NO6S/c1-3-29-18-10-8-14-6-4-5-7-16(14)17(18)12-20-21(25)24(23(27)31-20)13-15-9-11-19(30-15)22(26)28-2/h4-12H,3,13H2,1-2H3/b20-12+. The Labute approximate surface area is 182 Å². The Morgan fingerprint density at radius 1 is 1.13 bits per heavy atom. The molecule has 0 bridgehead atoms. The third kappa shape index (κ3) is 4.06. The number of amides is 2. The smallest absolute Gasteiger partial charge is 0.373 e. The van der Waals surface area contributed by atoms with Gasteiger partial charge in [-0.1, -0.05) is 30.3 Å². The maximum atomic E-state index is 13.0. The molecule has 31 heavy (non-hydrogen) atoms. The molecule has 0 saturated carbocycles. The average Bonchev–Trinajstić information content (AvgIpc) is 3.35. The van der Waals surface area contributed by atoms with Gasteiger partial charge in [0.1, 0.15) is 11.5 Å². The molecule has 0 spiro atoms. The summed E-state index contributed by atoms with van der Waals surface area (Å²) in [5.41, 5.74) is 0.747. The van der Waals surface area contributed by atoms with Gasteiger partial charge in [0.15, 0.2) is 0 Å². The Balaban J connectivity index is 1.65. The van der Waals surface area contributed by atoms with Crippen LogP contribution in [-0.2, 0) is 16.1 Å². The van der Waals surface area contributed by atoms with Crippen LogP contribution < -0.4 is 4.74 Å². The second-order valence-corrected chi connectivity index (χ2v) is 7.65. The zero-order valence-electron chi connectivity index (χ0n) is 16.9. The molecule has 0 atom stereocenters. The topological polar surface area (TPSA) is 86.1 Å². The van der Waals surface area contributed by atoms with Gasteiger partial charge in [-0.05, 0) is 53.7 Å². The number of carbonyl (C=O) groups excluding carboxylic acids is 3. The molecule has 2 aromatic carbocycles. The van der Waals surface area contributed by atoms with Gasteiger partial charge in [0.05, 0.1) is 25.2 Å². The maximum Gasteiger partial charge on any atom is 0.373 e. The van der Waals surface area contributed by atoms with Gasteiger partial charge in [0.2, 0.25) is 5.76 Å². The Morgan fingerprint density at radius 3 is 2.71 bits per heavy atom. The number of fused-ring (bicyclic) bond motifs is 1. The summed E-state index contributed by atoms with van der Waals surface area (Å²) in [6, 6.07) is 14.6. The average molecular weight is 437 g/mol. The highest BCUT2D eigenvalue weighted by atomic mass is 32.2. The van der Waals surface area contributed by atoms with Crippen LogP contribution >= 0.6 is 11.8 Å². The number of benzene rings is 2. The normalized spacial score (nSPS) is 15.2. The third-order valence-electron chi connectivity index (χ3n) is 4.74. The van der Waals surface area contributed by atoms with Crippen LogP contribution in [0.1, 0.15) is 28.8 Å². The Hall–Kier alpha value is -3.52. The van der Waals surface area contributed by atoms with Crippen LogP contribution in [-0.4, -0.2) is 35.7 Å². The van der Waals surface area contributed by atoms with Gasteiger partial charge >= 0.3 is 5.97 Å². The largest absolute Gasteiger partial charge is 0.493 e. The lowest BCUT2D eigenvalue weighted by Crippen LogP contribution is -2.27. The summed E-state index contributed by atoms with van der Waals surface area (Å²) in [4.78, 5) is 38.4. The predicted octanol–water partition coefficient (Wildman–Crippen LogP) is 4.85. The molecule has 1 fully saturated rings. The molecular formula is C23H19NO6S. The Kier molecular flexibility index (Phi) is 5.81. The lowest BCUT2D eigenvalue weighted by atomic mass is 10.0. The van der Waals surface area contributed by atoms with Crippen molar-refractivity contribution in [2.45, 2.75) is 13.5 Å². The van der Waals surface area contributed by atoms with Crippen LogP contribution in [0.4, 0.5) is 4.79 Å². The first-order valence-electron chi connectivity index (χ1n) is 9.58. The second-order valence-electron chi connectivity index (χ2n) is 6.66. The van der Waals surface area contributed by atoms with E-state index in [4.69, 9.17) is 9.15 Å². The van der Waals surface area contributed by atoms with E-state index < -0.39 is 17.1 Å². The van der Waals surface area contributed by atoms with Crippen LogP contribution in [0, 0.1) is 0 Å². The van der Waals surface area contributed by atoms with Crippen molar-refractivity contribution >= 4 is 45.7 Å². The highest BCUT2D eigenvalue weighted by molar-refractivity contribution is 8.18. The molecule has 158 valence electrons. The van der Waals surface area contributed by atoms with Gasteiger partial charge in [-0.2, -0.15) is 0 Å². The summed E-state index contributed by atoms with van der Waals surface area (Å²) in [6.45, 7) is 2.29. The summed E-state index contributed by atoms with van der Waals surface area (Å²) in [5, 5.41) is 1.52. The van der Waals surface area contributed by atoms with Gasteiger partial charge < -0.3 is 13.9 Å². The number of esters is 1. The number of thioether (sulfide) groups is 1. The minimum Gasteiger partial charge on any atom is -0.493 e. The first-order chi connectivity index (χ1) is 15.0. The SMILES string of the molecule is CCOc1ccc2ccccc2c1/C=C1/SC(=O)N(Cc2ccc(C(=O)OC)o2)C1=O. The zero-order valence-corrected chi connectivity index (χ0v) is 17.7. The van der Waals surface area contributed by atoms with E-state index in [0.29, 0.717) is 23.0 Å². The molecule has 0 aliphatic carbocycles. The van der Waals surface area contributed by atoms with Crippen molar-refractivity contribution < 1.29 is 28.3 Å². The number of rotatable bonds is 6. The van der Waals surface area contributed by atoms with Gasteiger partial charge in [0.25, 0.3) is 11.1 Å². The van der Waals surface area contributed by atoms with Crippen LogP contribution in [0.3, 0.4) is 0 Å². The molecule has 1 aliphatic heterocycles. The van der Waals surface area contributed by atoms with Crippen molar-refractivity contribution in [1.82, 2.24) is 4.90 Å². The van der Waals surface area contributed by atoms with Crippen LogP contribution in [0.25, 0.3) is 16.8 Å². The molecule has 7 nitrogen and oxygen atoms in total. The number of ether oxygens (including phenoxy) is 2. The van der Waals surface area contributed by atoms with E-state index >= 15 is 0 Å². The molecule has 1 aromatic heterocycles. The molecule has 2 amide bonds. The summed E-state index contributed by atoms with van der Waals surface area (Å²) < 4.78 is 15.7. The molecule has 1 aliphatic rings. The monoisotopic (exact) mass is 437 g/mol. The number of methoxy groups -OCH3 is 1. The Morgan fingerprint density at radius 2 is 1.94 bits per heavy atom. The van der Waals surface area contributed by atoms with Crippen molar-refractivity contribution in [1.29, 1.82) is 0 Å². The first kappa shape index (κ1) is 20.7. The van der Waals surface area contributed by atoms with Crippen molar-refractivity contribution in [2.24, 2.45) is 0 Å². The molecule has 4 rings (SSSR count). The Bertz CT molecular complexity index is 1210. The second kappa shape index (κ2) is 8.69. The number of hydrogen-bond acceptors (Lipinski definition) is 7. The van der Waals surface area contributed by atoms with Crippen molar-refractivity contribution in [3.05, 3.63) is 70.5 Å².